The molecule has 0 bridgehead atoms. The summed E-state index contributed by atoms with van der Waals surface area (Å²) in [5, 5.41) is 0. The molecule has 21 heavy (non-hydrogen) atoms. The minimum absolute atomic E-state index is 0.641. The molecule has 1 fully saturated rings. The number of hydrogen-bond acceptors (Lipinski definition) is 3. The van der Waals surface area contributed by atoms with E-state index in [2.05, 4.69) is 48.4 Å². The summed E-state index contributed by atoms with van der Waals surface area (Å²) in [5.41, 5.74) is 3.71. The van der Waals surface area contributed by atoms with Crippen molar-refractivity contribution in [1.29, 1.82) is 0 Å². The lowest BCUT2D eigenvalue weighted by molar-refractivity contribution is 0.0585. The molecule has 1 saturated heterocycles. The molecule has 1 aromatic carbocycles. The molecule has 0 N–H and O–H groups in total. The summed E-state index contributed by atoms with van der Waals surface area (Å²) >= 11 is 0. The number of benzene rings is 1. The van der Waals surface area contributed by atoms with Crippen molar-refractivity contribution in [2.45, 2.75) is 13.8 Å². The van der Waals surface area contributed by atoms with E-state index >= 15 is 0 Å². The quantitative estimate of drug-likeness (QED) is 0.749. The van der Waals surface area contributed by atoms with Crippen LogP contribution in [0.3, 0.4) is 0 Å². The maximum Gasteiger partial charge on any atom is 0.0736 e. The second-order valence-electron chi connectivity index (χ2n) is 5.01. The molecular weight excluding hydrogens is 262 g/mol. The number of rotatable bonds is 6. The molecule has 2 rings (SSSR count). The van der Waals surface area contributed by atoms with Crippen molar-refractivity contribution >= 4 is 5.57 Å². The van der Waals surface area contributed by atoms with Crippen LogP contribution < -0.4 is 0 Å². The summed E-state index contributed by atoms with van der Waals surface area (Å²) in [6.07, 6.45) is 4.40. The Balaban J connectivity index is 2.22. The van der Waals surface area contributed by atoms with Gasteiger partial charge in [0.25, 0.3) is 0 Å². The van der Waals surface area contributed by atoms with Gasteiger partial charge in [-0.25, -0.2) is 0 Å². The highest BCUT2D eigenvalue weighted by Crippen LogP contribution is 2.24. The van der Waals surface area contributed by atoms with Crippen LogP contribution in [0.2, 0.25) is 0 Å². The van der Waals surface area contributed by atoms with Gasteiger partial charge in [-0.15, -0.1) is 0 Å². The Hall–Kier alpha value is -1.58. The second kappa shape index (κ2) is 8.65. The second-order valence-corrected chi connectivity index (χ2v) is 5.01. The number of ether oxygens (including phenoxy) is 2. The third-order valence-electron chi connectivity index (χ3n) is 3.57. The Morgan fingerprint density at radius 2 is 1.95 bits per heavy atom. The standard InChI is InChI=1S/C18H25NO2/c1-3-18(16-8-6-5-7-9-16)17(15-20-4-2)14-19-10-12-21-13-11-19/h3,5-9,14H,4,10-13,15H2,1-2H3/b17-14-,18-3+. The smallest absolute Gasteiger partial charge is 0.0736 e. The molecule has 1 aromatic rings. The molecule has 1 heterocycles. The lowest BCUT2D eigenvalue weighted by Gasteiger charge is -2.27. The maximum absolute atomic E-state index is 5.67. The zero-order chi connectivity index (χ0) is 14.9. The number of hydrogen-bond donors (Lipinski definition) is 0. The number of morpholine rings is 1. The van der Waals surface area contributed by atoms with Crippen LogP contribution >= 0.6 is 0 Å². The fourth-order valence-corrected chi connectivity index (χ4v) is 2.48. The van der Waals surface area contributed by atoms with Crippen LogP contribution in [0.25, 0.3) is 5.57 Å². The molecule has 1 aliphatic heterocycles. The fourth-order valence-electron chi connectivity index (χ4n) is 2.48. The van der Waals surface area contributed by atoms with Crippen LogP contribution in [0.5, 0.6) is 0 Å². The topological polar surface area (TPSA) is 21.7 Å². The van der Waals surface area contributed by atoms with E-state index in [4.69, 9.17) is 9.47 Å². The monoisotopic (exact) mass is 287 g/mol. The van der Waals surface area contributed by atoms with Gasteiger partial charge in [-0.1, -0.05) is 36.4 Å². The van der Waals surface area contributed by atoms with E-state index in [1.165, 1.54) is 16.7 Å². The largest absolute Gasteiger partial charge is 0.378 e. The maximum atomic E-state index is 5.67. The third-order valence-corrected chi connectivity index (χ3v) is 3.57. The van der Waals surface area contributed by atoms with Crippen molar-refractivity contribution in [1.82, 2.24) is 4.90 Å². The predicted octanol–water partition coefficient (Wildman–Crippen LogP) is 3.34. The zero-order valence-corrected chi connectivity index (χ0v) is 13.0. The zero-order valence-electron chi connectivity index (χ0n) is 13.0. The highest BCUT2D eigenvalue weighted by atomic mass is 16.5. The van der Waals surface area contributed by atoms with Crippen LogP contribution in [0, 0.1) is 0 Å². The Kier molecular flexibility index (Phi) is 6.51. The molecular formula is C18H25NO2. The highest BCUT2D eigenvalue weighted by molar-refractivity contribution is 5.78. The first-order chi connectivity index (χ1) is 10.3. The summed E-state index contributed by atoms with van der Waals surface area (Å²) in [5.74, 6) is 0. The van der Waals surface area contributed by atoms with Crippen molar-refractivity contribution in [2.24, 2.45) is 0 Å². The van der Waals surface area contributed by atoms with E-state index in [0.29, 0.717) is 6.61 Å². The minimum atomic E-state index is 0.641. The summed E-state index contributed by atoms with van der Waals surface area (Å²) in [7, 11) is 0. The molecule has 0 unspecified atom stereocenters. The molecule has 3 heteroatoms. The molecule has 3 nitrogen and oxygen atoms in total. The van der Waals surface area contributed by atoms with Crippen molar-refractivity contribution in [2.75, 3.05) is 39.5 Å². The molecule has 1 aliphatic rings. The van der Waals surface area contributed by atoms with Crippen LogP contribution in [-0.4, -0.2) is 44.4 Å². The molecule has 0 amide bonds. The first kappa shape index (κ1) is 15.8. The van der Waals surface area contributed by atoms with Gasteiger partial charge in [0.1, 0.15) is 0 Å². The van der Waals surface area contributed by atoms with Gasteiger partial charge in [0.15, 0.2) is 0 Å². The van der Waals surface area contributed by atoms with Crippen LogP contribution in [0.15, 0.2) is 48.2 Å². The number of allylic oxidation sites excluding steroid dienone is 1. The lowest BCUT2D eigenvalue weighted by atomic mass is 9.98. The summed E-state index contributed by atoms with van der Waals surface area (Å²) < 4.78 is 11.1. The molecule has 0 spiro atoms. The Bertz CT molecular complexity index is 473. The molecule has 0 radical (unpaired) electrons. The fraction of sp³-hybridized carbons (Fsp3) is 0.444. The van der Waals surface area contributed by atoms with Crippen molar-refractivity contribution < 1.29 is 9.47 Å². The van der Waals surface area contributed by atoms with Crippen LogP contribution in [0.1, 0.15) is 19.4 Å². The summed E-state index contributed by atoms with van der Waals surface area (Å²) in [6, 6.07) is 10.5. The molecule has 0 aliphatic carbocycles. The SMILES string of the molecule is C/C=C(/C(=C\N1CCOCC1)COCC)c1ccccc1. The number of nitrogens with zero attached hydrogens (tertiary/aromatic N) is 1. The Morgan fingerprint density at radius 3 is 2.57 bits per heavy atom. The van der Waals surface area contributed by atoms with Crippen molar-refractivity contribution in [3.05, 3.63) is 53.7 Å². The molecule has 0 saturated carbocycles. The summed E-state index contributed by atoms with van der Waals surface area (Å²) in [6.45, 7) is 8.98. The third kappa shape index (κ3) is 4.73. The van der Waals surface area contributed by atoms with Crippen molar-refractivity contribution in [3.8, 4) is 0 Å². The minimum Gasteiger partial charge on any atom is -0.378 e. The van der Waals surface area contributed by atoms with Crippen LogP contribution in [0.4, 0.5) is 0 Å². The van der Waals surface area contributed by atoms with Crippen molar-refractivity contribution in [3.63, 3.8) is 0 Å². The van der Waals surface area contributed by atoms with Gasteiger partial charge < -0.3 is 14.4 Å². The van der Waals surface area contributed by atoms with E-state index < -0.39 is 0 Å². The average molecular weight is 287 g/mol. The molecule has 0 aromatic heterocycles. The normalized spacial score (nSPS) is 17.1. The Labute approximate surface area is 127 Å². The average Bonchev–Trinajstić information content (AvgIpc) is 2.55. The highest BCUT2D eigenvalue weighted by Gasteiger charge is 2.12. The van der Waals surface area contributed by atoms with Gasteiger partial charge in [0.05, 0.1) is 19.8 Å². The Morgan fingerprint density at radius 1 is 1.24 bits per heavy atom. The van der Waals surface area contributed by atoms with E-state index in [-0.39, 0.29) is 0 Å². The van der Waals surface area contributed by atoms with E-state index in [1.54, 1.807) is 0 Å². The van der Waals surface area contributed by atoms with Gasteiger partial charge >= 0.3 is 0 Å². The first-order valence-electron chi connectivity index (χ1n) is 7.67. The molecule has 114 valence electrons. The van der Waals surface area contributed by atoms with E-state index in [9.17, 15) is 0 Å². The van der Waals surface area contributed by atoms with Gasteiger partial charge in [-0.05, 0) is 25.0 Å². The summed E-state index contributed by atoms with van der Waals surface area (Å²) in [4.78, 5) is 2.32. The van der Waals surface area contributed by atoms with Crippen LogP contribution in [-0.2, 0) is 9.47 Å². The van der Waals surface area contributed by atoms with E-state index in [1.807, 2.05) is 13.0 Å². The predicted molar refractivity (Wildman–Crippen MR) is 87.1 cm³/mol. The lowest BCUT2D eigenvalue weighted by Crippen LogP contribution is -2.32. The van der Waals surface area contributed by atoms with Gasteiger partial charge in [0.2, 0.25) is 0 Å². The van der Waals surface area contributed by atoms with E-state index in [0.717, 1.165) is 32.9 Å². The van der Waals surface area contributed by atoms with Gasteiger partial charge in [-0.3, -0.25) is 0 Å². The van der Waals surface area contributed by atoms with Gasteiger partial charge in [-0.2, -0.15) is 0 Å². The molecule has 0 atom stereocenters. The van der Waals surface area contributed by atoms with Gasteiger partial charge in [0, 0.05) is 31.5 Å². The first-order valence-corrected chi connectivity index (χ1v) is 7.67.